The Morgan fingerprint density at radius 1 is 1.42 bits per heavy atom. The molecule has 0 fully saturated rings. The molecule has 0 saturated carbocycles. The highest BCUT2D eigenvalue weighted by atomic mass is 35.5. The first-order valence-corrected chi connectivity index (χ1v) is 6.26. The first-order valence-electron chi connectivity index (χ1n) is 5.89. The second kappa shape index (κ2) is 5.79. The van der Waals surface area contributed by atoms with Crippen molar-refractivity contribution in [1.82, 2.24) is 19.5 Å². The van der Waals surface area contributed by atoms with E-state index < -0.39 is 0 Å². The number of rotatable bonds is 4. The monoisotopic (exact) mass is 279 g/mol. The fraction of sp³-hybridized carbons (Fsp3) is 0.333. The minimum atomic E-state index is -0.375. The number of anilines is 1. The molecule has 0 atom stereocenters. The molecule has 100 valence electrons. The van der Waals surface area contributed by atoms with Gasteiger partial charge in [-0.15, -0.1) is 0 Å². The van der Waals surface area contributed by atoms with Gasteiger partial charge in [-0.1, -0.05) is 11.6 Å². The molecule has 2 aromatic heterocycles. The quantitative estimate of drug-likeness (QED) is 0.918. The van der Waals surface area contributed by atoms with Gasteiger partial charge in [-0.2, -0.15) is 0 Å². The molecule has 0 aliphatic carbocycles. The lowest BCUT2D eigenvalue weighted by molar-refractivity contribution is 0.688. The Morgan fingerprint density at radius 3 is 2.95 bits per heavy atom. The van der Waals surface area contributed by atoms with Crippen molar-refractivity contribution in [2.24, 2.45) is 0 Å². The summed E-state index contributed by atoms with van der Waals surface area (Å²) in [5.74, 6) is 1.29. The largest absolute Gasteiger partial charge is 0.370 e. The fourth-order valence-corrected chi connectivity index (χ4v) is 1.83. The van der Waals surface area contributed by atoms with Crippen LogP contribution in [-0.4, -0.2) is 26.1 Å². The van der Waals surface area contributed by atoms with Gasteiger partial charge in [-0.05, 0) is 13.8 Å². The van der Waals surface area contributed by atoms with Gasteiger partial charge in [0, 0.05) is 24.5 Å². The minimum absolute atomic E-state index is 0.243. The zero-order valence-electron chi connectivity index (χ0n) is 10.7. The molecule has 6 nitrogen and oxygen atoms in total. The van der Waals surface area contributed by atoms with Crippen molar-refractivity contribution in [2.75, 3.05) is 11.9 Å². The van der Waals surface area contributed by atoms with Gasteiger partial charge in [0.2, 0.25) is 0 Å². The van der Waals surface area contributed by atoms with Gasteiger partial charge in [0.05, 0.1) is 17.8 Å². The third kappa shape index (κ3) is 3.51. The molecule has 1 N–H and O–H groups in total. The predicted molar refractivity (Wildman–Crippen MR) is 73.5 cm³/mol. The van der Waals surface area contributed by atoms with Crippen LogP contribution in [0.25, 0.3) is 0 Å². The van der Waals surface area contributed by atoms with E-state index >= 15 is 0 Å². The van der Waals surface area contributed by atoms with E-state index in [9.17, 15) is 4.79 Å². The first-order chi connectivity index (χ1) is 9.08. The van der Waals surface area contributed by atoms with E-state index in [1.807, 2.05) is 19.9 Å². The zero-order valence-corrected chi connectivity index (χ0v) is 11.5. The lowest BCUT2D eigenvalue weighted by atomic mass is 10.4. The molecule has 0 bridgehead atoms. The van der Waals surface area contributed by atoms with Gasteiger partial charge in [-0.25, -0.2) is 19.7 Å². The SMILES string of the molecule is CCNc1cc(C)nc(Cn2cc(Cl)cnc2=O)n1. The number of aryl methyl sites for hydroxylation is 1. The standard InChI is InChI=1S/C12H14ClN5O/c1-3-14-10-4-8(2)16-11(17-10)7-18-6-9(13)5-15-12(18)19/h4-6H,3,7H2,1-2H3,(H,14,16,17). The molecule has 2 aromatic rings. The van der Waals surface area contributed by atoms with Gasteiger partial charge in [0.15, 0.2) is 5.82 Å². The second-order valence-corrected chi connectivity index (χ2v) is 4.46. The van der Waals surface area contributed by atoms with Crippen molar-refractivity contribution in [3.63, 3.8) is 0 Å². The minimum Gasteiger partial charge on any atom is -0.370 e. The highest BCUT2D eigenvalue weighted by Crippen LogP contribution is 2.08. The summed E-state index contributed by atoms with van der Waals surface area (Å²) in [5.41, 5.74) is 0.462. The molecule has 0 aromatic carbocycles. The maximum atomic E-state index is 11.6. The van der Waals surface area contributed by atoms with Gasteiger partial charge in [-0.3, -0.25) is 4.57 Å². The number of hydrogen-bond donors (Lipinski definition) is 1. The molecule has 2 rings (SSSR count). The summed E-state index contributed by atoms with van der Waals surface area (Å²) < 4.78 is 1.38. The van der Waals surface area contributed by atoms with Crippen LogP contribution in [-0.2, 0) is 6.54 Å². The van der Waals surface area contributed by atoms with E-state index in [4.69, 9.17) is 11.6 Å². The Labute approximate surface area is 115 Å². The molecule has 0 aliphatic heterocycles. The maximum Gasteiger partial charge on any atom is 0.348 e. The maximum absolute atomic E-state index is 11.6. The van der Waals surface area contributed by atoms with Crippen molar-refractivity contribution in [3.05, 3.63) is 45.5 Å². The van der Waals surface area contributed by atoms with E-state index in [0.29, 0.717) is 10.8 Å². The number of nitrogens with one attached hydrogen (secondary N) is 1. The summed E-state index contributed by atoms with van der Waals surface area (Å²) in [6.45, 7) is 4.88. The molecule has 2 heterocycles. The Balaban J connectivity index is 2.32. The van der Waals surface area contributed by atoms with E-state index in [-0.39, 0.29) is 12.2 Å². The molecule has 0 unspecified atom stereocenters. The average molecular weight is 280 g/mol. The first kappa shape index (κ1) is 13.5. The summed E-state index contributed by atoms with van der Waals surface area (Å²) in [4.78, 5) is 23.9. The van der Waals surface area contributed by atoms with Gasteiger partial charge in [0.1, 0.15) is 5.82 Å². The summed E-state index contributed by atoms with van der Waals surface area (Å²) in [5, 5.41) is 3.52. The molecule has 19 heavy (non-hydrogen) atoms. The van der Waals surface area contributed by atoms with Crippen LogP contribution in [0.3, 0.4) is 0 Å². The van der Waals surface area contributed by atoms with Crippen molar-refractivity contribution >= 4 is 17.4 Å². The van der Waals surface area contributed by atoms with Crippen LogP contribution in [0.4, 0.5) is 5.82 Å². The molecule has 0 amide bonds. The van der Waals surface area contributed by atoms with E-state index in [1.165, 1.54) is 17.0 Å². The normalized spacial score (nSPS) is 10.5. The van der Waals surface area contributed by atoms with Gasteiger partial charge >= 0.3 is 5.69 Å². The lowest BCUT2D eigenvalue weighted by Gasteiger charge is -2.08. The van der Waals surface area contributed by atoms with Crippen LogP contribution in [0.2, 0.25) is 5.02 Å². The van der Waals surface area contributed by atoms with Gasteiger partial charge < -0.3 is 5.32 Å². The number of aromatic nitrogens is 4. The average Bonchev–Trinajstić information content (AvgIpc) is 2.33. The van der Waals surface area contributed by atoms with Crippen LogP contribution >= 0.6 is 11.6 Å². The van der Waals surface area contributed by atoms with E-state index in [0.717, 1.165) is 18.1 Å². The molecule has 7 heteroatoms. The Hall–Kier alpha value is -1.95. The number of hydrogen-bond acceptors (Lipinski definition) is 5. The van der Waals surface area contributed by atoms with Crippen LogP contribution in [0.15, 0.2) is 23.3 Å². The third-order valence-electron chi connectivity index (χ3n) is 2.39. The zero-order chi connectivity index (χ0) is 13.8. The van der Waals surface area contributed by atoms with Gasteiger partial charge in [0.25, 0.3) is 0 Å². The molecule has 0 radical (unpaired) electrons. The molecular weight excluding hydrogens is 266 g/mol. The van der Waals surface area contributed by atoms with E-state index in [2.05, 4.69) is 20.3 Å². The molecule has 0 spiro atoms. The second-order valence-electron chi connectivity index (χ2n) is 4.02. The number of halogens is 1. The van der Waals surface area contributed by atoms with Crippen molar-refractivity contribution < 1.29 is 0 Å². The molecule has 0 aliphatic rings. The number of nitrogens with zero attached hydrogens (tertiary/aromatic N) is 4. The fourth-order valence-electron chi connectivity index (χ4n) is 1.67. The topological polar surface area (TPSA) is 72.7 Å². The van der Waals surface area contributed by atoms with Crippen molar-refractivity contribution in [1.29, 1.82) is 0 Å². The highest BCUT2D eigenvalue weighted by molar-refractivity contribution is 6.30. The summed E-state index contributed by atoms with van der Waals surface area (Å²) >= 11 is 5.82. The predicted octanol–water partition coefficient (Wildman–Crippen LogP) is 1.48. The smallest absolute Gasteiger partial charge is 0.348 e. The highest BCUT2D eigenvalue weighted by Gasteiger charge is 2.05. The Kier molecular flexibility index (Phi) is 4.11. The molecular formula is C12H14ClN5O. The van der Waals surface area contributed by atoms with Crippen LogP contribution in [0, 0.1) is 6.92 Å². The lowest BCUT2D eigenvalue weighted by Crippen LogP contribution is -2.23. The van der Waals surface area contributed by atoms with Crippen molar-refractivity contribution in [3.8, 4) is 0 Å². The Bertz CT molecular complexity index is 640. The van der Waals surface area contributed by atoms with Crippen LogP contribution in [0.5, 0.6) is 0 Å². The Morgan fingerprint density at radius 2 is 2.21 bits per heavy atom. The molecule has 0 saturated heterocycles. The van der Waals surface area contributed by atoms with Crippen molar-refractivity contribution in [2.45, 2.75) is 20.4 Å². The van der Waals surface area contributed by atoms with E-state index in [1.54, 1.807) is 0 Å². The third-order valence-corrected chi connectivity index (χ3v) is 2.59. The van der Waals surface area contributed by atoms with Crippen LogP contribution < -0.4 is 11.0 Å². The summed E-state index contributed by atoms with van der Waals surface area (Å²) in [6, 6.07) is 1.85. The summed E-state index contributed by atoms with van der Waals surface area (Å²) in [7, 11) is 0. The van der Waals surface area contributed by atoms with Crippen LogP contribution in [0.1, 0.15) is 18.4 Å². The summed E-state index contributed by atoms with van der Waals surface area (Å²) in [6.07, 6.45) is 2.84.